The average molecular weight is 283 g/mol. The van der Waals surface area contributed by atoms with Gasteiger partial charge in [0.2, 0.25) is 0 Å². The lowest BCUT2D eigenvalue weighted by Crippen LogP contribution is -1.95. The van der Waals surface area contributed by atoms with Crippen LogP contribution in [-0.2, 0) is 0 Å². The van der Waals surface area contributed by atoms with Gasteiger partial charge in [0.15, 0.2) is 0 Å². The molecule has 6 heteroatoms. The molecule has 5 nitrogen and oxygen atoms in total. The minimum absolute atomic E-state index is 0.0191. The fourth-order valence-corrected chi connectivity index (χ4v) is 1.64. The summed E-state index contributed by atoms with van der Waals surface area (Å²) in [5.41, 5.74) is 0.837. The van der Waals surface area contributed by atoms with Crippen LogP contribution in [0.4, 0.5) is 0 Å². The zero-order valence-corrected chi connectivity index (χ0v) is 9.52. The van der Waals surface area contributed by atoms with E-state index in [0.717, 1.165) is 4.47 Å². The number of aromatic amines is 1. The minimum atomic E-state index is -1.09. The van der Waals surface area contributed by atoms with E-state index in [4.69, 9.17) is 5.11 Å². The van der Waals surface area contributed by atoms with Gasteiger partial charge in [-0.3, -0.25) is 5.10 Å². The maximum absolute atomic E-state index is 10.7. The standard InChI is InChI=1S/C10H7BrN2O3/c11-5-1-2-9(14)6(3-5)7-4-8(10(15)16)13-12-7/h1-4,14H,(H,12,13)(H,15,16). The molecule has 1 heterocycles. The third-order valence-corrected chi connectivity index (χ3v) is 2.54. The molecule has 0 atom stereocenters. The highest BCUT2D eigenvalue weighted by molar-refractivity contribution is 9.10. The molecule has 0 aliphatic heterocycles. The predicted octanol–water partition coefficient (Wildman–Crippen LogP) is 2.24. The molecule has 2 aromatic rings. The number of halogens is 1. The number of aromatic nitrogens is 2. The summed E-state index contributed by atoms with van der Waals surface area (Å²) in [7, 11) is 0. The predicted molar refractivity (Wildman–Crippen MR) is 60.3 cm³/mol. The Morgan fingerprint density at radius 1 is 1.38 bits per heavy atom. The number of aromatic carboxylic acids is 1. The van der Waals surface area contributed by atoms with Crippen LogP contribution in [0.15, 0.2) is 28.7 Å². The van der Waals surface area contributed by atoms with Crippen LogP contribution in [0.1, 0.15) is 10.5 Å². The molecular weight excluding hydrogens is 276 g/mol. The van der Waals surface area contributed by atoms with Crippen LogP contribution in [0, 0.1) is 0 Å². The Hall–Kier alpha value is -1.82. The van der Waals surface area contributed by atoms with Crippen molar-refractivity contribution in [1.29, 1.82) is 0 Å². The SMILES string of the molecule is O=C(O)c1cc(-c2cc(Br)ccc2O)n[nH]1. The van der Waals surface area contributed by atoms with Gasteiger partial charge in [-0.15, -0.1) is 0 Å². The Balaban J connectivity index is 2.50. The lowest BCUT2D eigenvalue weighted by atomic mass is 10.1. The molecule has 0 unspecified atom stereocenters. The third kappa shape index (κ3) is 1.92. The molecule has 0 aliphatic carbocycles. The van der Waals surface area contributed by atoms with Crippen molar-refractivity contribution in [2.24, 2.45) is 0 Å². The number of phenolic OH excluding ortho intramolecular Hbond substituents is 1. The normalized spacial score (nSPS) is 10.3. The first-order valence-electron chi connectivity index (χ1n) is 4.35. The highest BCUT2D eigenvalue weighted by Gasteiger charge is 2.12. The Morgan fingerprint density at radius 2 is 2.12 bits per heavy atom. The van der Waals surface area contributed by atoms with Crippen molar-refractivity contribution in [3.63, 3.8) is 0 Å². The van der Waals surface area contributed by atoms with E-state index in [1.807, 2.05) is 0 Å². The van der Waals surface area contributed by atoms with E-state index in [2.05, 4.69) is 26.1 Å². The number of benzene rings is 1. The molecule has 0 radical (unpaired) electrons. The second-order valence-electron chi connectivity index (χ2n) is 3.13. The summed E-state index contributed by atoms with van der Waals surface area (Å²) in [5.74, 6) is -1.04. The second kappa shape index (κ2) is 3.97. The Kier molecular flexibility index (Phi) is 2.66. The van der Waals surface area contributed by atoms with Crippen LogP contribution in [0.2, 0.25) is 0 Å². The molecule has 1 aromatic carbocycles. The van der Waals surface area contributed by atoms with Crippen molar-refractivity contribution in [1.82, 2.24) is 10.2 Å². The number of phenols is 1. The Labute approximate surface area is 98.9 Å². The van der Waals surface area contributed by atoms with E-state index in [1.165, 1.54) is 12.1 Å². The first-order chi connectivity index (χ1) is 7.58. The van der Waals surface area contributed by atoms with Gasteiger partial charge in [-0.2, -0.15) is 5.10 Å². The lowest BCUT2D eigenvalue weighted by molar-refractivity contribution is 0.0690. The fraction of sp³-hybridized carbons (Fsp3) is 0. The summed E-state index contributed by atoms with van der Waals surface area (Å²) < 4.78 is 0.778. The number of hydrogen-bond donors (Lipinski definition) is 3. The van der Waals surface area contributed by atoms with E-state index >= 15 is 0 Å². The van der Waals surface area contributed by atoms with Gasteiger partial charge in [-0.25, -0.2) is 4.79 Å². The molecule has 0 amide bonds. The lowest BCUT2D eigenvalue weighted by Gasteiger charge is -2.00. The van der Waals surface area contributed by atoms with E-state index in [-0.39, 0.29) is 11.4 Å². The molecule has 2 rings (SSSR count). The molecular formula is C10H7BrN2O3. The second-order valence-corrected chi connectivity index (χ2v) is 4.05. The molecule has 0 saturated carbocycles. The number of carboxylic acid groups (broad SMARTS) is 1. The largest absolute Gasteiger partial charge is 0.507 e. The number of aromatic hydroxyl groups is 1. The Morgan fingerprint density at radius 3 is 2.75 bits per heavy atom. The number of H-pyrrole nitrogens is 1. The first-order valence-corrected chi connectivity index (χ1v) is 5.15. The molecule has 0 saturated heterocycles. The number of carboxylic acids is 1. The van der Waals surface area contributed by atoms with Crippen LogP contribution in [-0.4, -0.2) is 26.4 Å². The summed E-state index contributed by atoms with van der Waals surface area (Å²) in [5, 5.41) is 24.5. The molecule has 0 fully saturated rings. The van der Waals surface area contributed by atoms with E-state index < -0.39 is 5.97 Å². The number of nitrogens with zero attached hydrogens (tertiary/aromatic N) is 1. The minimum Gasteiger partial charge on any atom is -0.507 e. The summed E-state index contributed by atoms with van der Waals surface area (Å²) in [6, 6.07) is 6.22. The number of rotatable bonds is 2. The van der Waals surface area contributed by atoms with Gasteiger partial charge in [0.05, 0.1) is 5.69 Å². The van der Waals surface area contributed by atoms with Crippen LogP contribution in [0.25, 0.3) is 11.3 Å². The summed E-state index contributed by atoms with van der Waals surface area (Å²) >= 11 is 3.26. The molecule has 82 valence electrons. The van der Waals surface area contributed by atoms with Crippen molar-refractivity contribution < 1.29 is 15.0 Å². The highest BCUT2D eigenvalue weighted by Crippen LogP contribution is 2.30. The fourth-order valence-electron chi connectivity index (χ4n) is 1.28. The zero-order chi connectivity index (χ0) is 11.7. The Bertz CT molecular complexity index is 551. The summed E-state index contributed by atoms with van der Waals surface area (Å²) in [4.78, 5) is 10.7. The molecule has 1 aromatic heterocycles. The molecule has 16 heavy (non-hydrogen) atoms. The first kappa shape index (κ1) is 10.7. The van der Waals surface area contributed by atoms with Crippen molar-refractivity contribution in [2.45, 2.75) is 0 Å². The maximum atomic E-state index is 10.7. The van der Waals surface area contributed by atoms with E-state index in [0.29, 0.717) is 11.3 Å². The van der Waals surface area contributed by atoms with Gasteiger partial charge in [-0.1, -0.05) is 15.9 Å². The maximum Gasteiger partial charge on any atom is 0.353 e. The zero-order valence-electron chi connectivity index (χ0n) is 7.94. The van der Waals surface area contributed by atoms with Gasteiger partial charge >= 0.3 is 5.97 Å². The van der Waals surface area contributed by atoms with Gasteiger partial charge in [-0.05, 0) is 24.3 Å². The van der Waals surface area contributed by atoms with Crippen molar-refractivity contribution in [3.05, 3.63) is 34.4 Å². The average Bonchev–Trinajstić information content (AvgIpc) is 2.70. The summed E-state index contributed by atoms with van der Waals surface area (Å²) in [6.07, 6.45) is 0. The van der Waals surface area contributed by atoms with Crippen LogP contribution in [0.3, 0.4) is 0 Å². The van der Waals surface area contributed by atoms with Crippen molar-refractivity contribution in [3.8, 4) is 17.0 Å². The summed E-state index contributed by atoms with van der Waals surface area (Å²) in [6.45, 7) is 0. The quantitative estimate of drug-likeness (QED) is 0.789. The number of nitrogens with one attached hydrogen (secondary N) is 1. The number of carbonyl (C=O) groups is 1. The molecule has 0 spiro atoms. The van der Waals surface area contributed by atoms with Crippen LogP contribution < -0.4 is 0 Å². The highest BCUT2D eigenvalue weighted by atomic mass is 79.9. The van der Waals surface area contributed by atoms with Gasteiger partial charge in [0, 0.05) is 10.0 Å². The molecule has 0 bridgehead atoms. The van der Waals surface area contributed by atoms with E-state index in [9.17, 15) is 9.90 Å². The van der Waals surface area contributed by atoms with Crippen molar-refractivity contribution >= 4 is 21.9 Å². The van der Waals surface area contributed by atoms with E-state index in [1.54, 1.807) is 12.1 Å². The van der Waals surface area contributed by atoms with Crippen LogP contribution >= 0.6 is 15.9 Å². The van der Waals surface area contributed by atoms with Gasteiger partial charge in [0.1, 0.15) is 11.4 Å². The van der Waals surface area contributed by atoms with Crippen LogP contribution in [0.5, 0.6) is 5.75 Å². The number of hydrogen-bond acceptors (Lipinski definition) is 3. The molecule has 0 aliphatic rings. The topological polar surface area (TPSA) is 86.2 Å². The van der Waals surface area contributed by atoms with Crippen molar-refractivity contribution in [2.75, 3.05) is 0 Å². The monoisotopic (exact) mass is 282 g/mol. The third-order valence-electron chi connectivity index (χ3n) is 2.04. The van der Waals surface area contributed by atoms with Gasteiger partial charge in [0.25, 0.3) is 0 Å². The smallest absolute Gasteiger partial charge is 0.353 e. The van der Waals surface area contributed by atoms with Gasteiger partial charge < -0.3 is 10.2 Å². The molecule has 3 N–H and O–H groups in total.